The minimum absolute atomic E-state index is 0.0785. The van der Waals surface area contributed by atoms with Crippen molar-refractivity contribution in [1.29, 1.82) is 0 Å². The Hall–Kier alpha value is -2.85. The zero-order valence-corrected chi connectivity index (χ0v) is 13.0. The van der Waals surface area contributed by atoms with Crippen molar-refractivity contribution in [1.82, 2.24) is 0 Å². The number of para-hydroxylation sites is 2. The molecule has 1 aliphatic heterocycles. The third kappa shape index (κ3) is 2.64. The molecular weight excluding hydrogens is 306 g/mol. The SMILES string of the molecule is O=C1Nc2ccccc2/C1=C/c1sccc1Oc1ccccc1. The number of ether oxygens (including phenoxy) is 1. The van der Waals surface area contributed by atoms with Crippen molar-refractivity contribution >= 4 is 34.6 Å². The summed E-state index contributed by atoms with van der Waals surface area (Å²) in [6.45, 7) is 0. The highest BCUT2D eigenvalue weighted by atomic mass is 32.1. The molecule has 0 fully saturated rings. The summed E-state index contributed by atoms with van der Waals surface area (Å²) in [5.41, 5.74) is 2.45. The largest absolute Gasteiger partial charge is 0.456 e. The standard InChI is InChI=1S/C19H13NO2S/c21-19-15(14-8-4-5-9-16(14)20-19)12-18-17(10-11-23-18)22-13-6-2-1-3-7-13/h1-12H,(H,20,21)/b15-12-. The average Bonchev–Trinajstić information content (AvgIpc) is 3.14. The lowest BCUT2D eigenvalue weighted by Crippen LogP contribution is -2.03. The summed E-state index contributed by atoms with van der Waals surface area (Å²) < 4.78 is 5.92. The van der Waals surface area contributed by atoms with Crippen molar-refractivity contribution in [2.75, 3.05) is 5.32 Å². The van der Waals surface area contributed by atoms with Gasteiger partial charge >= 0.3 is 0 Å². The summed E-state index contributed by atoms with van der Waals surface area (Å²) in [6.07, 6.45) is 1.89. The number of hydrogen-bond donors (Lipinski definition) is 1. The molecule has 0 atom stereocenters. The van der Waals surface area contributed by atoms with Crippen molar-refractivity contribution in [3.63, 3.8) is 0 Å². The van der Waals surface area contributed by atoms with Gasteiger partial charge in [-0.2, -0.15) is 0 Å². The van der Waals surface area contributed by atoms with E-state index in [1.165, 1.54) is 0 Å². The predicted molar refractivity (Wildman–Crippen MR) is 93.8 cm³/mol. The number of thiophene rings is 1. The number of carbonyl (C=O) groups is 1. The molecule has 112 valence electrons. The first kappa shape index (κ1) is 13.8. The fraction of sp³-hybridized carbons (Fsp3) is 0. The van der Waals surface area contributed by atoms with Crippen LogP contribution in [-0.2, 0) is 4.79 Å². The molecule has 1 aliphatic rings. The van der Waals surface area contributed by atoms with E-state index in [0.717, 1.165) is 27.6 Å². The lowest BCUT2D eigenvalue weighted by molar-refractivity contribution is -0.110. The Morgan fingerprint density at radius 2 is 1.74 bits per heavy atom. The van der Waals surface area contributed by atoms with Crippen molar-refractivity contribution in [2.24, 2.45) is 0 Å². The third-order valence-electron chi connectivity index (χ3n) is 3.61. The zero-order valence-electron chi connectivity index (χ0n) is 12.2. The van der Waals surface area contributed by atoms with Gasteiger partial charge in [0.05, 0.1) is 10.5 Å². The van der Waals surface area contributed by atoms with Gasteiger partial charge < -0.3 is 10.1 Å². The maximum atomic E-state index is 12.2. The Morgan fingerprint density at radius 1 is 0.957 bits per heavy atom. The van der Waals surface area contributed by atoms with Gasteiger partial charge in [0.2, 0.25) is 0 Å². The van der Waals surface area contributed by atoms with E-state index in [2.05, 4.69) is 5.32 Å². The van der Waals surface area contributed by atoms with Gasteiger partial charge in [-0.25, -0.2) is 0 Å². The summed E-state index contributed by atoms with van der Waals surface area (Å²) in [4.78, 5) is 13.1. The number of carbonyl (C=O) groups excluding carboxylic acids is 1. The topological polar surface area (TPSA) is 38.3 Å². The number of rotatable bonds is 3. The van der Waals surface area contributed by atoms with Crippen molar-refractivity contribution in [2.45, 2.75) is 0 Å². The molecule has 0 saturated heterocycles. The first-order chi connectivity index (χ1) is 11.3. The molecular formula is C19H13NO2S. The second-order valence-corrected chi connectivity index (χ2v) is 6.07. The van der Waals surface area contributed by atoms with Crippen molar-refractivity contribution in [3.05, 3.63) is 76.5 Å². The van der Waals surface area contributed by atoms with Crippen LogP contribution >= 0.6 is 11.3 Å². The zero-order chi connectivity index (χ0) is 15.6. The van der Waals surface area contributed by atoms with Crippen LogP contribution in [0, 0.1) is 0 Å². The lowest BCUT2D eigenvalue weighted by Gasteiger charge is -2.05. The Balaban J connectivity index is 1.70. The Kier molecular flexibility index (Phi) is 3.44. The molecule has 0 saturated carbocycles. The van der Waals surface area contributed by atoms with Crippen LogP contribution in [0.25, 0.3) is 11.6 Å². The smallest absolute Gasteiger partial charge is 0.256 e. The molecule has 4 heteroatoms. The van der Waals surface area contributed by atoms with E-state index in [4.69, 9.17) is 4.74 Å². The molecule has 0 radical (unpaired) electrons. The molecule has 1 N–H and O–H groups in total. The van der Waals surface area contributed by atoms with Gasteiger partial charge in [-0.3, -0.25) is 4.79 Å². The summed E-state index contributed by atoms with van der Waals surface area (Å²) in [7, 11) is 0. The van der Waals surface area contributed by atoms with Crippen LogP contribution in [-0.4, -0.2) is 5.91 Å². The van der Waals surface area contributed by atoms with Crippen LogP contribution < -0.4 is 10.1 Å². The Morgan fingerprint density at radius 3 is 2.61 bits per heavy atom. The number of amides is 1. The maximum Gasteiger partial charge on any atom is 0.256 e. The lowest BCUT2D eigenvalue weighted by atomic mass is 10.1. The third-order valence-corrected chi connectivity index (χ3v) is 4.46. The molecule has 3 aromatic rings. The Labute approximate surface area is 137 Å². The van der Waals surface area contributed by atoms with Crippen LogP contribution in [0.5, 0.6) is 11.5 Å². The van der Waals surface area contributed by atoms with Gasteiger partial charge in [-0.1, -0.05) is 36.4 Å². The fourth-order valence-electron chi connectivity index (χ4n) is 2.53. The second-order valence-electron chi connectivity index (χ2n) is 5.12. The summed E-state index contributed by atoms with van der Waals surface area (Å²) in [6, 6.07) is 19.2. The van der Waals surface area contributed by atoms with E-state index in [9.17, 15) is 4.79 Å². The van der Waals surface area contributed by atoms with Gasteiger partial charge in [0.1, 0.15) is 11.5 Å². The molecule has 23 heavy (non-hydrogen) atoms. The molecule has 2 heterocycles. The van der Waals surface area contributed by atoms with Crippen molar-refractivity contribution < 1.29 is 9.53 Å². The summed E-state index contributed by atoms with van der Waals surface area (Å²) >= 11 is 1.55. The minimum atomic E-state index is -0.0785. The normalized spacial score (nSPS) is 14.6. The van der Waals surface area contributed by atoms with E-state index in [-0.39, 0.29) is 5.91 Å². The molecule has 3 nitrogen and oxygen atoms in total. The number of benzene rings is 2. The number of hydrogen-bond acceptors (Lipinski definition) is 3. The van der Waals surface area contributed by atoms with Crippen LogP contribution in [0.15, 0.2) is 66.0 Å². The van der Waals surface area contributed by atoms with Gasteiger partial charge in [0, 0.05) is 11.3 Å². The number of nitrogens with one attached hydrogen (secondary N) is 1. The highest BCUT2D eigenvalue weighted by Crippen LogP contribution is 2.37. The first-order valence-corrected chi connectivity index (χ1v) is 8.12. The van der Waals surface area contributed by atoms with E-state index in [1.54, 1.807) is 11.3 Å². The van der Waals surface area contributed by atoms with Gasteiger partial charge in [0.25, 0.3) is 5.91 Å². The van der Waals surface area contributed by atoms with Crippen LogP contribution in [0.4, 0.5) is 5.69 Å². The van der Waals surface area contributed by atoms with Gasteiger partial charge in [-0.05, 0) is 35.7 Å². The first-order valence-electron chi connectivity index (χ1n) is 7.24. The quantitative estimate of drug-likeness (QED) is 0.687. The maximum absolute atomic E-state index is 12.2. The summed E-state index contributed by atoms with van der Waals surface area (Å²) in [5, 5.41) is 4.85. The number of fused-ring (bicyclic) bond motifs is 1. The highest BCUT2D eigenvalue weighted by Gasteiger charge is 2.24. The second kappa shape index (κ2) is 5.74. The molecule has 4 rings (SSSR count). The minimum Gasteiger partial charge on any atom is -0.456 e. The molecule has 0 bridgehead atoms. The molecule has 1 aromatic heterocycles. The van der Waals surface area contributed by atoms with E-state index < -0.39 is 0 Å². The van der Waals surface area contributed by atoms with Crippen LogP contribution in [0.1, 0.15) is 10.4 Å². The van der Waals surface area contributed by atoms with E-state index in [0.29, 0.717) is 5.57 Å². The molecule has 0 aliphatic carbocycles. The molecule has 0 unspecified atom stereocenters. The number of anilines is 1. The Bertz CT molecular complexity index is 896. The van der Waals surface area contributed by atoms with E-state index >= 15 is 0 Å². The highest BCUT2D eigenvalue weighted by molar-refractivity contribution is 7.11. The predicted octanol–water partition coefficient (Wildman–Crippen LogP) is 5.03. The van der Waals surface area contributed by atoms with Gasteiger partial charge in [-0.15, -0.1) is 11.3 Å². The van der Waals surface area contributed by atoms with Gasteiger partial charge in [0.15, 0.2) is 0 Å². The average molecular weight is 319 g/mol. The van der Waals surface area contributed by atoms with Crippen LogP contribution in [0.2, 0.25) is 0 Å². The summed E-state index contributed by atoms with van der Waals surface area (Å²) in [5.74, 6) is 1.46. The van der Waals surface area contributed by atoms with Crippen LogP contribution in [0.3, 0.4) is 0 Å². The molecule has 2 aromatic carbocycles. The fourth-order valence-corrected chi connectivity index (χ4v) is 3.28. The van der Waals surface area contributed by atoms with E-state index in [1.807, 2.05) is 72.1 Å². The molecule has 0 spiro atoms. The van der Waals surface area contributed by atoms with Crippen molar-refractivity contribution in [3.8, 4) is 11.5 Å². The molecule has 1 amide bonds. The monoisotopic (exact) mass is 319 g/mol.